The number of alkyl halides is 2. The highest BCUT2D eigenvalue weighted by Crippen LogP contribution is 2.52. The number of nitrogens with one attached hydrogen (secondary N) is 2. The SMILES string of the molecule is CC(=O)C(=[NH2+])c1cc(O)ccc1NCC(=O)N1CCC[C@H]1C(=O)NC[C@H]1CC1(Cl)Cl. The van der Waals surface area contributed by atoms with Crippen LogP contribution in [0, 0.1) is 5.92 Å². The average molecular weight is 456 g/mol. The van der Waals surface area contributed by atoms with Crippen molar-refractivity contribution in [1.29, 1.82) is 0 Å². The highest BCUT2D eigenvalue weighted by atomic mass is 35.5. The van der Waals surface area contributed by atoms with E-state index in [0.717, 1.165) is 6.42 Å². The number of ketones is 1. The van der Waals surface area contributed by atoms with Crippen molar-refractivity contribution in [3.63, 3.8) is 0 Å². The van der Waals surface area contributed by atoms with Crippen LogP contribution in [0.3, 0.4) is 0 Å². The van der Waals surface area contributed by atoms with Crippen molar-refractivity contribution < 1.29 is 24.9 Å². The summed E-state index contributed by atoms with van der Waals surface area (Å²) in [6.45, 7) is 2.12. The number of nitrogens with zero attached hydrogens (tertiary/aromatic N) is 1. The van der Waals surface area contributed by atoms with E-state index in [-0.39, 0.29) is 41.5 Å². The number of amides is 2. The standard InChI is InChI=1S/C20H24Cl2N4O4/c1-11(27)18(23)14-7-13(28)4-5-15(14)24-10-17(29)26-6-2-3-16(26)19(30)25-9-12-8-20(12,21)22/h4-5,7,12,16,23-24,28H,2-3,6,8-10H2,1H3,(H,25,30)/p+1/t12-,16+/m1/s1. The number of carbonyl (C=O) groups excluding carboxylic acids is 3. The second-order valence-corrected chi connectivity index (χ2v) is 9.25. The fourth-order valence-electron chi connectivity index (χ4n) is 3.54. The van der Waals surface area contributed by atoms with Crippen molar-refractivity contribution in [1.82, 2.24) is 10.2 Å². The smallest absolute Gasteiger partial charge is 0.249 e. The lowest BCUT2D eigenvalue weighted by molar-refractivity contribution is -0.137. The molecule has 0 spiro atoms. The molecule has 1 saturated heterocycles. The highest BCUT2D eigenvalue weighted by molar-refractivity contribution is 6.50. The molecule has 1 aliphatic carbocycles. The minimum Gasteiger partial charge on any atom is -0.508 e. The number of hydrogen-bond donors (Lipinski definition) is 4. The fraction of sp³-hybridized carbons (Fsp3) is 0.500. The minimum absolute atomic E-state index is 0.0194. The monoisotopic (exact) mass is 455 g/mol. The van der Waals surface area contributed by atoms with Crippen molar-refractivity contribution in [2.75, 3.05) is 25.0 Å². The molecular weight excluding hydrogens is 431 g/mol. The van der Waals surface area contributed by atoms with Crippen molar-refractivity contribution >= 4 is 52.2 Å². The first kappa shape index (κ1) is 22.4. The second-order valence-electron chi connectivity index (χ2n) is 7.71. The van der Waals surface area contributed by atoms with E-state index in [9.17, 15) is 19.5 Å². The summed E-state index contributed by atoms with van der Waals surface area (Å²) in [6, 6.07) is 3.80. The van der Waals surface area contributed by atoms with Crippen LogP contribution in [0.15, 0.2) is 18.2 Å². The van der Waals surface area contributed by atoms with Crippen molar-refractivity contribution in [2.45, 2.75) is 36.6 Å². The van der Waals surface area contributed by atoms with Crippen LogP contribution < -0.4 is 16.0 Å². The van der Waals surface area contributed by atoms with E-state index in [4.69, 9.17) is 28.6 Å². The molecule has 162 valence electrons. The molecule has 0 unspecified atom stereocenters. The number of halogens is 2. The molecule has 5 N–H and O–H groups in total. The third-order valence-corrected chi connectivity index (χ3v) is 6.38. The number of anilines is 1. The maximum absolute atomic E-state index is 12.8. The second kappa shape index (κ2) is 8.81. The summed E-state index contributed by atoms with van der Waals surface area (Å²) in [7, 11) is 0. The summed E-state index contributed by atoms with van der Waals surface area (Å²) in [5.74, 6) is -0.816. The lowest BCUT2D eigenvalue weighted by Gasteiger charge is -2.24. The average Bonchev–Trinajstić information content (AvgIpc) is 3.07. The van der Waals surface area contributed by atoms with Crippen LogP contribution in [0.2, 0.25) is 0 Å². The van der Waals surface area contributed by atoms with Crippen LogP contribution in [0.25, 0.3) is 0 Å². The predicted octanol–water partition coefficient (Wildman–Crippen LogP) is 0.242. The van der Waals surface area contributed by atoms with Gasteiger partial charge in [0.05, 0.1) is 12.1 Å². The third kappa shape index (κ3) is 5.05. The van der Waals surface area contributed by atoms with Gasteiger partial charge in [-0.3, -0.25) is 19.8 Å². The molecule has 0 bridgehead atoms. The zero-order valence-electron chi connectivity index (χ0n) is 16.6. The molecular formula is C20H25Cl2N4O4+. The molecule has 2 atom stereocenters. The Morgan fingerprint density at radius 1 is 1.33 bits per heavy atom. The molecule has 8 nitrogen and oxygen atoms in total. The van der Waals surface area contributed by atoms with Gasteiger partial charge in [-0.1, -0.05) is 0 Å². The molecule has 3 rings (SSSR count). The number of benzene rings is 1. The quantitative estimate of drug-likeness (QED) is 0.254. The molecule has 30 heavy (non-hydrogen) atoms. The van der Waals surface area contributed by atoms with E-state index in [1.807, 2.05) is 0 Å². The van der Waals surface area contributed by atoms with E-state index in [0.29, 0.717) is 37.2 Å². The normalized spacial score (nSPS) is 21.8. The van der Waals surface area contributed by atoms with Crippen LogP contribution in [-0.2, 0) is 14.4 Å². The Bertz CT molecular complexity index is 890. The first-order chi connectivity index (χ1) is 14.1. The largest absolute Gasteiger partial charge is 0.508 e. The van der Waals surface area contributed by atoms with Crippen molar-refractivity contribution in [3.05, 3.63) is 23.8 Å². The Hall–Kier alpha value is -2.32. The zero-order chi connectivity index (χ0) is 22.1. The van der Waals surface area contributed by atoms with Gasteiger partial charge in [0.25, 0.3) is 0 Å². The fourth-order valence-corrected chi connectivity index (χ4v) is 4.07. The number of phenolic OH excluding ortho intramolecular Hbond substituents is 1. The van der Waals surface area contributed by atoms with Gasteiger partial charge in [0.15, 0.2) is 0 Å². The molecule has 10 heteroatoms. The van der Waals surface area contributed by atoms with Crippen LogP contribution >= 0.6 is 23.2 Å². The van der Waals surface area contributed by atoms with E-state index >= 15 is 0 Å². The topological polar surface area (TPSA) is 124 Å². The summed E-state index contributed by atoms with van der Waals surface area (Å²) in [5, 5.41) is 21.3. The molecule has 1 aromatic carbocycles. The molecule has 2 amide bonds. The van der Waals surface area contributed by atoms with E-state index < -0.39 is 10.4 Å². The van der Waals surface area contributed by atoms with Gasteiger partial charge in [0.1, 0.15) is 16.1 Å². The van der Waals surface area contributed by atoms with Crippen LogP contribution in [0.5, 0.6) is 5.75 Å². The number of nitrogens with two attached hydrogens (primary N) is 1. The van der Waals surface area contributed by atoms with Gasteiger partial charge in [-0.2, -0.15) is 0 Å². The summed E-state index contributed by atoms with van der Waals surface area (Å²) in [4.78, 5) is 38.5. The number of rotatable bonds is 8. The number of carbonyl (C=O) groups is 3. The summed E-state index contributed by atoms with van der Waals surface area (Å²) in [5.41, 5.74) is 0.749. The number of Topliss-reactive ketones (excluding diaryl/α,β-unsaturated/α-hetero) is 1. The lowest BCUT2D eigenvalue weighted by Crippen LogP contribution is -2.48. The van der Waals surface area contributed by atoms with Crippen LogP contribution in [0.4, 0.5) is 5.69 Å². The van der Waals surface area contributed by atoms with E-state index in [2.05, 4.69) is 10.6 Å². The highest BCUT2D eigenvalue weighted by Gasteiger charge is 2.51. The molecule has 1 saturated carbocycles. The molecule has 2 fully saturated rings. The summed E-state index contributed by atoms with van der Waals surface area (Å²) in [6.07, 6.45) is 1.96. The van der Waals surface area contributed by atoms with Gasteiger partial charge < -0.3 is 20.6 Å². The first-order valence-corrected chi connectivity index (χ1v) is 10.5. The molecule has 0 radical (unpaired) electrons. The first-order valence-electron chi connectivity index (χ1n) is 9.75. The van der Waals surface area contributed by atoms with Gasteiger partial charge in [-0.05, 0) is 37.5 Å². The van der Waals surface area contributed by atoms with Gasteiger partial charge in [-0.15, -0.1) is 23.2 Å². The minimum atomic E-state index is -0.761. The van der Waals surface area contributed by atoms with Gasteiger partial charge in [-0.25, -0.2) is 0 Å². The van der Waals surface area contributed by atoms with Gasteiger partial charge in [0, 0.05) is 31.6 Å². The molecule has 2 aliphatic rings. The van der Waals surface area contributed by atoms with Gasteiger partial charge in [0.2, 0.25) is 23.3 Å². The van der Waals surface area contributed by atoms with Gasteiger partial charge >= 0.3 is 0 Å². The van der Waals surface area contributed by atoms with E-state index in [1.54, 1.807) is 11.0 Å². The van der Waals surface area contributed by atoms with Crippen LogP contribution in [0.1, 0.15) is 31.7 Å². The Morgan fingerprint density at radius 2 is 2.03 bits per heavy atom. The molecule has 1 aromatic rings. The van der Waals surface area contributed by atoms with E-state index in [1.165, 1.54) is 19.1 Å². The van der Waals surface area contributed by atoms with Crippen molar-refractivity contribution in [3.8, 4) is 5.75 Å². The Labute approximate surface area is 184 Å². The number of hydrogen-bond acceptors (Lipinski definition) is 5. The zero-order valence-corrected chi connectivity index (χ0v) is 18.1. The molecule has 1 heterocycles. The summed E-state index contributed by atoms with van der Waals surface area (Å²) >= 11 is 12.0. The maximum atomic E-state index is 12.8. The maximum Gasteiger partial charge on any atom is 0.249 e. The Morgan fingerprint density at radius 3 is 2.67 bits per heavy atom. The molecule has 1 aliphatic heterocycles. The third-order valence-electron chi connectivity index (χ3n) is 5.46. The Kier molecular flexibility index (Phi) is 6.57. The summed E-state index contributed by atoms with van der Waals surface area (Å²) < 4.78 is -0.761. The van der Waals surface area contributed by atoms with Crippen LogP contribution in [-0.4, -0.2) is 63.3 Å². The number of aromatic hydroxyl groups is 1. The molecule has 0 aromatic heterocycles. The number of likely N-dealkylation sites (tertiary alicyclic amines) is 1. The number of phenols is 1. The Balaban J connectivity index is 1.60. The lowest BCUT2D eigenvalue weighted by atomic mass is 10.0. The van der Waals surface area contributed by atoms with Crippen molar-refractivity contribution in [2.24, 2.45) is 5.92 Å². The predicted molar refractivity (Wildman–Crippen MR) is 114 cm³/mol.